The van der Waals surface area contributed by atoms with Gasteiger partial charge in [-0.2, -0.15) is 0 Å². The van der Waals surface area contributed by atoms with Crippen molar-refractivity contribution in [1.82, 2.24) is 0 Å². The van der Waals surface area contributed by atoms with Gasteiger partial charge in [-0.3, -0.25) is 0 Å². The molecule has 0 aliphatic carbocycles. The van der Waals surface area contributed by atoms with Gasteiger partial charge in [0.2, 0.25) is 0 Å². The first-order chi connectivity index (χ1) is 20.9. The Morgan fingerprint density at radius 2 is 1.27 bits per heavy atom. The molecule has 2 aliphatic rings. The van der Waals surface area contributed by atoms with E-state index in [1.807, 2.05) is 60.7 Å². The van der Waals surface area contributed by atoms with Crippen LogP contribution >= 0.6 is 0 Å². The van der Waals surface area contributed by atoms with Crippen molar-refractivity contribution < 1.29 is 33.2 Å². The molecule has 7 heteroatoms. The van der Waals surface area contributed by atoms with Gasteiger partial charge in [0.15, 0.2) is 6.10 Å². The Morgan fingerprint density at radius 1 is 0.795 bits per heavy atom. The molecule has 0 spiro atoms. The van der Waals surface area contributed by atoms with E-state index in [1.165, 1.54) is 6.08 Å². The molecule has 3 aromatic carbocycles. The molecule has 0 fully saturated rings. The predicted octanol–water partition coefficient (Wildman–Crippen LogP) is 8.11. The first-order valence-electron chi connectivity index (χ1n) is 15.3. The number of hydrogen-bond acceptors (Lipinski definition) is 7. The first-order valence-corrected chi connectivity index (χ1v) is 15.3. The molecule has 2 heterocycles. The lowest BCUT2D eigenvalue weighted by Gasteiger charge is -2.36. The predicted molar refractivity (Wildman–Crippen MR) is 171 cm³/mol. The number of esters is 1. The summed E-state index contributed by atoms with van der Waals surface area (Å²) in [5, 5.41) is 0. The van der Waals surface area contributed by atoms with Crippen LogP contribution in [0.15, 0.2) is 66.7 Å². The number of rotatable bonds is 10. The molecule has 0 bridgehead atoms. The summed E-state index contributed by atoms with van der Waals surface area (Å²) in [6.07, 6.45) is 4.29. The molecule has 2 atom stereocenters. The van der Waals surface area contributed by atoms with Gasteiger partial charge in [0, 0.05) is 17.2 Å². The SMILES string of the molecule is COc1ccc(/C=C/C(=O)OC(COc2ccc3c(c2)C(C)CC(C)(C)O3)COc2ccc3c(c2)C(C)CC(C)(C)O3)cc1. The van der Waals surface area contributed by atoms with Gasteiger partial charge in [-0.05, 0) is 113 Å². The number of methoxy groups -OCH3 is 1. The van der Waals surface area contributed by atoms with Gasteiger partial charge in [-0.25, -0.2) is 4.79 Å². The van der Waals surface area contributed by atoms with E-state index in [1.54, 1.807) is 13.2 Å². The number of hydrogen-bond donors (Lipinski definition) is 0. The molecule has 2 aliphatic heterocycles. The highest BCUT2D eigenvalue weighted by Crippen LogP contribution is 2.43. The summed E-state index contributed by atoms with van der Waals surface area (Å²) in [6, 6.07) is 19.1. The maximum absolute atomic E-state index is 12.9. The minimum Gasteiger partial charge on any atom is -0.497 e. The Kier molecular flexibility index (Phi) is 9.14. The third-order valence-corrected chi connectivity index (χ3v) is 8.07. The minimum absolute atomic E-state index is 0.125. The molecule has 0 saturated heterocycles. The zero-order valence-corrected chi connectivity index (χ0v) is 26.8. The second-order valence-electron chi connectivity index (χ2n) is 13.1. The van der Waals surface area contributed by atoms with Crippen LogP contribution in [-0.4, -0.2) is 43.6 Å². The van der Waals surface area contributed by atoms with Crippen LogP contribution < -0.4 is 23.7 Å². The molecule has 2 unspecified atom stereocenters. The largest absolute Gasteiger partial charge is 0.497 e. The second kappa shape index (κ2) is 12.8. The van der Waals surface area contributed by atoms with Gasteiger partial charge in [-0.1, -0.05) is 26.0 Å². The van der Waals surface area contributed by atoms with Crippen molar-refractivity contribution in [2.45, 2.75) is 83.5 Å². The molecular formula is C37H44O7. The molecule has 0 N–H and O–H groups in total. The monoisotopic (exact) mass is 600 g/mol. The van der Waals surface area contributed by atoms with Gasteiger partial charge in [0.25, 0.3) is 0 Å². The van der Waals surface area contributed by atoms with E-state index < -0.39 is 12.1 Å². The molecule has 7 nitrogen and oxygen atoms in total. The third kappa shape index (κ3) is 7.87. The van der Waals surface area contributed by atoms with Crippen molar-refractivity contribution in [3.05, 3.63) is 83.4 Å². The Labute approximate surface area is 261 Å². The van der Waals surface area contributed by atoms with Crippen molar-refractivity contribution >= 4 is 12.0 Å². The van der Waals surface area contributed by atoms with E-state index in [2.05, 4.69) is 41.5 Å². The van der Waals surface area contributed by atoms with Crippen LogP contribution in [0.3, 0.4) is 0 Å². The maximum Gasteiger partial charge on any atom is 0.331 e. The Bertz CT molecular complexity index is 1410. The standard InChI is InChI=1S/C37H44O7/c1-24-20-36(3,4)43-33-15-13-28(18-31(24)33)40-22-30(42-35(38)17-10-26-8-11-27(39-7)12-9-26)23-41-29-14-16-34-32(19-29)25(2)21-37(5,6)44-34/h8-19,24-25,30H,20-23H2,1-7H3/b17-10+. The number of fused-ring (bicyclic) bond motifs is 2. The van der Waals surface area contributed by atoms with Crippen molar-refractivity contribution in [2.75, 3.05) is 20.3 Å². The number of carbonyl (C=O) groups excluding carboxylic acids is 1. The van der Waals surface area contributed by atoms with Crippen LogP contribution in [0, 0.1) is 0 Å². The summed E-state index contributed by atoms with van der Waals surface area (Å²) in [5.74, 6) is 4.07. The van der Waals surface area contributed by atoms with E-state index in [9.17, 15) is 4.79 Å². The molecule has 44 heavy (non-hydrogen) atoms. The van der Waals surface area contributed by atoms with E-state index in [-0.39, 0.29) is 24.4 Å². The average molecular weight is 601 g/mol. The summed E-state index contributed by atoms with van der Waals surface area (Å²) in [5.41, 5.74) is 2.67. The zero-order valence-electron chi connectivity index (χ0n) is 26.8. The number of benzene rings is 3. The van der Waals surface area contributed by atoms with Crippen molar-refractivity contribution in [1.29, 1.82) is 0 Å². The molecule has 5 rings (SSSR count). The minimum atomic E-state index is -0.657. The molecule has 3 aromatic rings. The third-order valence-electron chi connectivity index (χ3n) is 8.07. The van der Waals surface area contributed by atoms with Gasteiger partial charge in [0.1, 0.15) is 53.2 Å². The van der Waals surface area contributed by atoms with E-state index in [0.29, 0.717) is 23.3 Å². The zero-order chi connectivity index (χ0) is 31.5. The van der Waals surface area contributed by atoms with Crippen molar-refractivity contribution in [3.8, 4) is 28.7 Å². The summed E-state index contributed by atoms with van der Waals surface area (Å²) in [7, 11) is 1.62. The average Bonchev–Trinajstić information content (AvgIpc) is 2.97. The molecule has 0 amide bonds. The summed E-state index contributed by atoms with van der Waals surface area (Å²) in [6.45, 7) is 13.1. The van der Waals surface area contributed by atoms with E-state index >= 15 is 0 Å². The van der Waals surface area contributed by atoms with Gasteiger partial charge in [0.05, 0.1) is 7.11 Å². The quantitative estimate of drug-likeness (QED) is 0.172. The molecule has 0 radical (unpaired) electrons. The molecule has 0 aromatic heterocycles. The number of ether oxygens (including phenoxy) is 6. The van der Waals surface area contributed by atoms with Crippen molar-refractivity contribution in [3.63, 3.8) is 0 Å². The highest BCUT2D eigenvalue weighted by Gasteiger charge is 2.33. The van der Waals surface area contributed by atoms with Gasteiger partial charge in [-0.15, -0.1) is 0 Å². The van der Waals surface area contributed by atoms with Gasteiger partial charge >= 0.3 is 5.97 Å². The fraction of sp³-hybridized carbons (Fsp3) is 0.432. The summed E-state index contributed by atoms with van der Waals surface area (Å²) in [4.78, 5) is 12.9. The highest BCUT2D eigenvalue weighted by molar-refractivity contribution is 5.87. The fourth-order valence-electron chi connectivity index (χ4n) is 6.14. The fourth-order valence-corrected chi connectivity index (χ4v) is 6.14. The second-order valence-corrected chi connectivity index (χ2v) is 13.1. The van der Waals surface area contributed by atoms with Crippen LogP contribution in [0.2, 0.25) is 0 Å². The lowest BCUT2D eigenvalue weighted by molar-refractivity contribution is -0.146. The van der Waals surface area contributed by atoms with E-state index in [4.69, 9.17) is 28.4 Å². The molecule has 234 valence electrons. The lowest BCUT2D eigenvalue weighted by Crippen LogP contribution is -2.34. The van der Waals surface area contributed by atoms with Crippen LogP contribution in [0.25, 0.3) is 6.08 Å². The Balaban J connectivity index is 1.28. The smallest absolute Gasteiger partial charge is 0.331 e. The Hall–Kier alpha value is -4.13. The van der Waals surface area contributed by atoms with Crippen molar-refractivity contribution in [2.24, 2.45) is 0 Å². The summed E-state index contributed by atoms with van der Waals surface area (Å²) < 4.78 is 35.7. The lowest BCUT2D eigenvalue weighted by atomic mass is 9.86. The topological polar surface area (TPSA) is 72.5 Å². The number of carbonyl (C=O) groups is 1. The van der Waals surface area contributed by atoms with Crippen LogP contribution in [0.1, 0.15) is 82.9 Å². The van der Waals surface area contributed by atoms with E-state index in [0.717, 1.165) is 46.8 Å². The first kappa shape index (κ1) is 31.3. The molecule has 0 saturated carbocycles. The maximum atomic E-state index is 12.9. The van der Waals surface area contributed by atoms with Crippen LogP contribution in [0.4, 0.5) is 0 Å². The van der Waals surface area contributed by atoms with Gasteiger partial charge < -0.3 is 28.4 Å². The summed E-state index contributed by atoms with van der Waals surface area (Å²) >= 11 is 0. The normalized spacial score (nSPS) is 20.3. The molecular weight excluding hydrogens is 556 g/mol. The van der Waals surface area contributed by atoms with Crippen LogP contribution in [-0.2, 0) is 9.53 Å². The Morgan fingerprint density at radius 3 is 1.75 bits per heavy atom. The van der Waals surface area contributed by atoms with Crippen LogP contribution in [0.5, 0.6) is 28.7 Å². The highest BCUT2D eigenvalue weighted by atomic mass is 16.6.